The first-order chi connectivity index (χ1) is 14.0. The highest BCUT2D eigenvalue weighted by Gasteiger charge is 2.38. The normalized spacial score (nSPS) is 14.5. The third-order valence-electron chi connectivity index (χ3n) is 5.97. The van der Waals surface area contributed by atoms with E-state index in [4.69, 9.17) is 5.11 Å². The maximum Gasteiger partial charge on any atom is 0.251 e. The Labute approximate surface area is 179 Å². The molecule has 0 aliphatic carbocycles. The zero-order chi connectivity index (χ0) is 21.8. The molecule has 0 fully saturated rings. The molecule has 4 N–H and O–H groups in total. The van der Waals surface area contributed by atoms with Crippen LogP contribution in [0, 0.1) is 0 Å². The van der Waals surface area contributed by atoms with Crippen molar-refractivity contribution in [1.29, 1.82) is 0 Å². The first kappa shape index (κ1) is 28.4. The molecule has 0 aromatic rings. The molecule has 5 heteroatoms. The van der Waals surface area contributed by atoms with E-state index in [2.05, 4.69) is 12.2 Å². The fourth-order valence-electron chi connectivity index (χ4n) is 3.62. The number of carbonyl (C=O) groups is 1. The van der Waals surface area contributed by atoms with Gasteiger partial charge in [0.05, 0.1) is 6.61 Å². The zero-order valence-corrected chi connectivity index (χ0v) is 19.3. The smallest absolute Gasteiger partial charge is 0.251 e. The minimum atomic E-state index is -1.75. The molecule has 0 rings (SSSR count). The standard InChI is InChI=1S/C24H49NO4/c1-3-5-6-7-8-9-10-11-12-13-14-15-16-17-18-19-20-25-23(28)22(27)24(29,4-2)21-26/h22,26-27,29H,3-21H2,1-2H3,(H,25,28). The summed E-state index contributed by atoms with van der Waals surface area (Å²) in [6.07, 6.45) is 19.4. The van der Waals surface area contributed by atoms with Crippen LogP contribution in [0.2, 0.25) is 0 Å². The van der Waals surface area contributed by atoms with Gasteiger partial charge in [-0.05, 0) is 12.8 Å². The van der Waals surface area contributed by atoms with Crippen LogP contribution < -0.4 is 5.32 Å². The van der Waals surface area contributed by atoms with Gasteiger partial charge in [0.2, 0.25) is 0 Å². The van der Waals surface area contributed by atoms with Crippen LogP contribution in [0.5, 0.6) is 0 Å². The molecule has 2 unspecified atom stereocenters. The van der Waals surface area contributed by atoms with Crippen molar-refractivity contribution in [2.75, 3.05) is 13.2 Å². The molecule has 0 aliphatic rings. The maximum atomic E-state index is 11.8. The summed E-state index contributed by atoms with van der Waals surface area (Å²) in [5.41, 5.74) is -1.75. The number of aliphatic hydroxyl groups is 3. The summed E-state index contributed by atoms with van der Waals surface area (Å²) in [6.45, 7) is 3.76. The highest BCUT2D eigenvalue weighted by Crippen LogP contribution is 2.15. The van der Waals surface area contributed by atoms with Crippen molar-refractivity contribution < 1.29 is 20.1 Å². The lowest BCUT2D eigenvalue weighted by atomic mass is 9.94. The average molecular weight is 416 g/mol. The van der Waals surface area contributed by atoms with E-state index >= 15 is 0 Å². The Morgan fingerprint density at radius 1 is 0.759 bits per heavy atom. The maximum absolute atomic E-state index is 11.8. The van der Waals surface area contributed by atoms with Gasteiger partial charge < -0.3 is 20.6 Å². The zero-order valence-electron chi connectivity index (χ0n) is 19.3. The Morgan fingerprint density at radius 2 is 1.14 bits per heavy atom. The predicted octanol–water partition coefficient (Wildman–Crippen LogP) is 4.86. The van der Waals surface area contributed by atoms with Gasteiger partial charge in [-0.2, -0.15) is 0 Å². The molecule has 1 amide bonds. The second-order valence-corrected chi connectivity index (χ2v) is 8.61. The van der Waals surface area contributed by atoms with Crippen molar-refractivity contribution in [2.24, 2.45) is 0 Å². The van der Waals surface area contributed by atoms with Crippen LogP contribution in [0.4, 0.5) is 0 Å². The monoisotopic (exact) mass is 415 g/mol. The van der Waals surface area contributed by atoms with E-state index < -0.39 is 24.2 Å². The molecule has 0 saturated heterocycles. The number of hydrogen-bond acceptors (Lipinski definition) is 4. The number of rotatable bonds is 21. The van der Waals surface area contributed by atoms with E-state index in [1.54, 1.807) is 6.92 Å². The SMILES string of the molecule is CCCCCCCCCCCCCCCCCCNC(=O)C(O)C(O)(CC)CO. The summed E-state index contributed by atoms with van der Waals surface area (Å²) in [5.74, 6) is -0.607. The fraction of sp³-hybridized carbons (Fsp3) is 0.958. The molecular weight excluding hydrogens is 366 g/mol. The number of nitrogens with one attached hydrogen (secondary N) is 1. The average Bonchev–Trinajstić information content (AvgIpc) is 2.74. The topological polar surface area (TPSA) is 89.8 Å². The first-order valence-electron chi connectivity index (χ1n) is 12.3. The summed E-state index contributed by atoms with van der Waals surface area (Å²) >= 11 is 0. The molecule has 0 bridgehead atoms. The lowest BCUT2D eigenvalue weighted by Crippen LogP contribution is -2.53. The summed E-state index contributed by atoms with van der Waals surface area (Å²) in [7, 11) is 0. The van der Waals surface area contributed by atoms with Crippen molar-refractivity contribution in [3.05, 3.63) is 0 Å². The highest BCUT2D eigenvalue weighted by molar-refractivity contribution is 5.81. The van der Waals surface area contributed by atoms with E-state index in [0.717, 1.165) is 12.8 Å². The molecule has 0 aliphatic heterocycles. The molecule has 0 aromatic carbocycles. The van der Waals surface area contributed by atoms with Crippen molar-refractivity contribution in [3.63, 3.8) is 0 Å². The molecule has 0 aromatic heterocycles. The third kappa shape index (κ3) is 14.9. The van der Waals surface area contributed by atoms with Crippen LogP contribution in [0.25, 0.3) is 0 Å². The van der Waals surface area contributed by atoms with Crippen molar-refractivity contribution in [2.45, 2.75) is 135 Å². The largest absolute Gasteiger partial charge is 0.393 e. The van der Waals surface area contributed by atoms with Crippen LogP contribution >= 0.6 is 0 Å². The van der Waals surface area contributed by atoms with Crippen LogP contribution in [0.3, 0.4) is 0 Å². The van der Waals surface area contributed by atoms with Crippen molar-refractivity contribution in [1.82, 2.24) is 5.32 Å². The van der Waals surface area contributed by atoms with E-state index in [0.29, 0.717) is 6.54 Å². The molecule has 0 saturated carbocycles. The molecular formula is C24H49NO4. The minimum absolute atomic E-state index is 0.122. The Morgan fingerprint density at radius 3 is 1.48 bits per heavy atom. The van der Waals surface area contributed by atoms with E-state index in [9.17, 15) is 15.0 Å². The summed E-state index contributed by atoms with van der Waals surface area (Å²) in [4.78, 5) is 11.8. The summed E-state index contributed by atoms with van der Waals surface area (Å²) in [6, 6.07) is 0. The van der Waals surface area contributed by atoms with Gasteiger partial charge in [-0.1, -0.05) is 110 Å². The number of hydrogen-bond donors (Lipinski definition) is 4. The number of amides is 1. The van der Waals surface area contributed by atoms with Crippen LogP contribution in [-0.4, -0.2) is 46.1 Å². The van der Waals surface area contributed by atoms with Crippen LogP contribution in [0.1, 0.15) is 123 Å². The van der Waals surface area contributed by atoms with E-state index in [1.807, 2.05) is 0 Å². The van der Waals surface area contributed by atoms with E-state index in [1.165, 1.54) is 89.9 Å². The van der Waals surface area contributed by atoms with Gasteiger partial charge in [0, 0.05) is 6.54 Å². The molecule has 5 nitrogen and oxygen atoms in total. The molecule has 174 valence electrons. The second-order valence-electron chi connectivity index (χ2n) is 8.61. The molecule has 2 atom stereocenters. The fourth-order valence-corrected chi connectivity index (χ4v) is 3.62. The number of aliphatic hydroxyl groups excluding tert-OH is 2. The van der Waals surface area contributed by atoms with Crippen LogP contribution in [0.15, 0.2) is 0 Å². The van der Waals surface area contributed by atoms with Gasteiger partial charge in [-0.3, -0.25) is 4.79 Å². The highest BCUT2D eigenvalue weighted by atomic mass is 16.4. The summed E-state index contributed by atoms with van der Waals surface area (Å²) < 4.78 is 0. The van der Waals surface area contributed by atoms with Crippen molar-refractivity contribution >= 4 is 5.91 Å². The van der Waals surface area contributed by atoms with Gasteiger partial charge in [0.15, 0.2) is 6.10 Å². The second kappa shape index (κ2) is 19.3. The third-order valence-corrected chi connectivity index (χ3v) is 5.97. The Hall–Kier alpha value is -0.650. The Bertz CT molecular complexity index is 372. The minimum Gasteiger partial charge on any atom is -0.393 e. The molecule has 0 spiro atoms. The molecule has 29 heavy (non-hydrogen) atoms. The Balaban J connectivity index is 3.36. The quantitative estimate of drug-likeness (QED) is 0.202. The van der Waals surface area contributed by atoms with Gasteiger partial charge in [0.25, 0.3) is 5.91 Å². The Kier molecular flexibility index (Phi) is 18.9. The first-order valence-corrected chi connectivity index (χ1v) is 12.3. The van der Waals surface area contributed by atoms with Crippen LogP contribution in [-0.2, 0) is 4.79 Å². The van der Waals surface area contributed by atoms with E-state index in [-0.39, 0.29) is 6.42 Å². The molecule has 0 radical (unpaired) electrons. The van der Waals surface area contributed by atoms with Gasteiger partial charge >= 0.3 is 0 Å². The van der Waals surface area contributed by atoms with Gasteiger partial charge in [-0.15, -0.1) is 0 Å². The lowest BCUT2D eigenvalue weighted by Gasteiger charge is -2.28. The van der Waals surface area contributed by atoms with Crippen molar-refractivity contribution in [3.8, 4) is 0 Å². The van der Waals surface area contributed by atoms with Gasteiger partial charge in [0.1, 0.15) is 5.60 Å². The number of unbranched alkanes of at least 4 members (excludes halogenated alkanes) is 15. The predicted molar refractivity (Wildman–Crippen MR) is 121 cm³/mol. The lowest BCUT2D eigenvalue weighted by molar-refractivity contribution is -0.152. The summed E-state index contributed by atoms with van der Waals surface area (Å²) in [5, 5.41) is 31.6. The number of carbonyl (C=O) groups excluding carboxylic acids is 1. The molecule has 0 heterocycles. The van der Waals surface area contributed by atoms with Gasteiger partial charge in [-0.25, -0.2) is 0 Å².